The van der Waals surface area contributed by atoms with E-state index in [9.17, 15) is 9.59 Å². The number of aryl methyl sites for hydroxylation is 1. The fraction of sp³-hybridized carbons (Fsp3) is 0.200. The van der Waals surface area contributed by atoms with Gasteiger partial charge in [-0.2, -0.15) is 0 Å². The number of halogens is 1. The Kier molecular flexibility index (Phi) is 2.88. The van der Waals surface area contributed by atoms with Crippen molar-refractivity contribution < 1.29 is 14.3 Å². The molecule has 1 N–H and O–H groups in total. The number of imide groups is 1. The molecule has 3 aromatic carbocycles. The van der Waals surface area contributed by atoms with Crippen LogP contribution in [0.1, 0.15) is 51.6 Å². The van der Waals surface area contributed by atoms with Crippen LogP contribution in [0, 0.1) is 6.92 Å². The highest BCUT2D eigenvalue weighted by Gasteiger charge is 2.42. The lowest BCUT2D eigenvalue weighted by molar-refractivity contribution is -0.0229. The molecule has 5 aromatic rings. The molecule has 5 heterocycles. The van der Waals surface area contributed by atoms with E-state index in [-0.39, 0.29) is 24.3 Å². The Bertz CT molecular complexity index is 1630. The van der Waals surface area contributed by atoms with Gasteiger partial charge in [0, 0.05) is 26.6 Å². The maximum absolute atomic E-state index is 13.1. The zero-order valence-corrected chi connectivity index (χ0v) is 17.8. The van der Waals surface area contributed by atoms with Gasteiger partial charge in [0.15, 0.2) is 0 Å². The summed E-state index contributed by atoms with van der Waals surface area (Å²) in [5.41, 5.74) is 5.91. The molecule has 0 saturated carbocycles. The van der Waals surface area contributed by atoms with E-state index in [1.54, 1.807) is 0 Å². The summed E-state index contributed by atoms with van der Waals surface area (Å²) in [5.74, 6) is -0.694. The van der Waals surface area contributed by atoms with Crippen molar-refractivity contribution in [3.8, 4) is 0 Å². The summed E-state index contributed by atoms with van der Waals surface area (Å²) < 4.78 is 11.0. The highest BCUT2D eigenvalue weighted by Crippen LogP contribution is 2.52. The van der Waals surface area contributed by atoms with Gasteiger partial charge in [-0.3, -0.25) is 14.9 Å². The van der Waals surface area contributed by atoms with E-state index in [1.807, 2.05) is 25.1 Å². The van der Waals surface area contributed by atoms with E-state index in [4.69, 9.17) is 16.3 Å². The topological polar surface area (TPSA) is 65.3 Å². The van der Waals surface area contributed by atoms with Crippen molar-refractivity contribution >= 4 is 67.0 Å². The average Bonchev–Trinajstić information content (AvgIpc) is 3.46. The molecule has 2 aromatic heterocycles. The summed E-state index contributed by atoms with van der Waals surface area (Å²) in [7, 11) is 0. The third-order valence-corrected chi connectivity index (χ3v) is 7.57. The third kappa shape index (κ3) is 1.77. The van der Waals surface area contributed by atoms with Crippen LogP contribution in [0.4, 0.5) is 0 Å². The minimum atomic E-state index is -0.352. The number of hydrogen-bond donors (Lipinski definition) is 1. The number of amides is 2. The van der Waals surface area contributed by atoms with Crippen LogP contribution in [-0.2, 0) is 4.74 Å². The zero-order valence-electron chi connectivity index (χ0n) is 17.0. The Balaban J connectivity index is 1.80. The number of hydrogen-bond acceptors (Lipinski definition) is 3. The molecule has 156 valence electrons. The average molecular weight is 442 g/mol. The predicted octanol–water partition coefficient (Wildman–Crippen LogP) is 5.57. The number of aromatic nitrogens is 2. The molecule has 7 heteroatoms. The van der Waals surface area contributed by atoms with E-state index >= 15 is 0 Å². The van der Waals surface area contributed by atoms with E-state index in [2.05, 4.69) is 32.7 Å². The zero-order chi connectivity index (χ0) is 21.5. The fourth-order valence-corrected chi connectivity index (χ4v) is 6.37. The molecular formula is C25H16ClN3O3. The molecule has 1 fully saturated rings. The number of carbonyl (C=O) groups excluding carboxylic acids is 2. The van der Waals surface area contributed by atoms with Crippen LogP contribution in [-0.4, -0.2) is 20.9 Å². The first-order valence-electron chi connectivity index (χ1n) is 10.8. The first-order chi connectivity index (χ1) is 15.5. The fourth-order valence-electron chi connectivity index (χ4n) is 6.20. The first kappa shape index (κ1) is 17.2. The van der Waals surface area contributed by atoms with E-state index in [0.29, 0.717) is 16.1 Å². The van der Waals surface area contributed by atoms with Crippen molar-refractivity contribution in [2.75, 3.05) is 0 Å². The summed E-state index contributed by atoms with van der Waals surface area (Å²) in [6.45, 7) is 2.04. The Hall–Kier alpha value is -3.35. The van der Waals surface area contributed by atoms with Crippen LogP contribution in [0.25, 0.3) is 43.6 Å². The normalized spacial score (nSPS) is 21.4. The number of ether oxygens (including phenoxy) is 1. The highest BCUT2D eigenvalue weighted by atomic mass is 35.5. The number of fused-ring (bicyclic) bond motifs is 13. The number of nitrogens with one attached hydrogen (secondary N) is 1. The molecular weight excluding hydrogens is 426 g/mol. The maximum atomic E-state index is 13.1. The van der Waals surface area contributed by atoms with E-state index in [0.717, 1.165) is 62.0 Å². The standard InChI is InChI=1S/C25H16ClN3O3/c1-10-2-4-14-12(8-10)18-20-21(25(31)27-24(20)30)19-13-9-11(26)3-5-15(13)29-17-7-6-16(32-17)28(14)22(18)23(19)29/h2-5,8-9,16-17H,6-7H2,1H3,(H,27,30,31)/t16-,17+/m0/s1. The molecule has 0 unspecified atom stereocenters. The maximum Gasteiger partial charge on any atom is 0.259 e. The van der Waals surface area contributed by atoms with Gasteiger partial charge >= 0.3 is 0 Å². The lowest BCUT2D eigenvalue weighted by atomic mass is 9.96. The van der Waals surface area contributed by atoms with E-state index in [1.165, 1.54) is 0 Å². The molecule has 2 atom stereocenters. The summed E-state index contributed by atoms with van der Waals surface area (Å²) in [6.07, 6.45) is 1.50. The van der Waals surface area contributed by atoms with Crippen molar-refractivity contribution in [3.05, 3.63) is 58.1 Å². The monoisotopic (exact) mass is 441 g/mol. The molecule has 6 nitrogen and oxygen atoms in total. The molecule has 3 aliphatic rings. The summed E-state index contributed by atoms with van der Waals surface area (Å²) in [4.78, 5) is 26.3. The van der Waals surface area contributed by atoms with Gasteiger partial charge in [-0.25, -0.2) is 0 Å². The predicted molar refractivity (Wildman–Crippen MR) is 122 cm³/mol. The lowest BCUT2D eigenvalue weighted by Crippen LogP contribution is -2.20. The molecule has 0 spiro atoms. The second-order valence-electron chi connectivity index (χ2n) is 9.03. The summed E-state index contributed by atoms with van der Waals surface area (Å²) >= 11 is 6.40. The molecule has 0 radical (unpaired) electrons. The van der Waals surface area contributed by atoms with Gasteiger partial charge in [0.25, 0.3) is 11.8 Å². The molecule has 32 heavy (non-hydrogen) atoms. The summed E-state index contributed by atoms with van der Waals surface area (Å²) in [6, 6.07) is 12.0. The van der Waals surface area contributed by atoms with Crippen LogP contribution in [0.15, 0.2) is 36.4 Å². The van der Waals surface area contributed by atoms with Crippen molar-refractivity contribution in [2.24, 2.45) is 0 Å². The largest absolute Gasteiger partial charge is 0.335 e. The van der Waals surface area contributed by atoms with Crippen molar-refractivity contribution in [1.29, 1.82) is 0 Å². The van der Waals surface area contributed by atoms with Crippen LogP contribution in [0.3, 0.4) is 0 Å². The molecule has 2 amide bonds. The molecule has 1 saturated heterocycles. The SMILES string of the molecule is Cc1ccc2c(c1)c1c3c(c4c5cc(Cl)ccc5n5c4c1n2[C@@H]1CC[C@H]5O1)C(=O)NC3=O. The molecule has 8 rings (SSSR count). The van der Waals surface area contributed by atoms with Gasteiger partial charge in [-0.05, 0) is 50.1 Å². The Morgan fingerprint density at radius 2 is 1.44 bits per heavy atom. The van der Waals surface area contributed by atoms with Crippen LogP contribution in [0.5, 0.6) is 0 Å². The first-order valence-corrected chi connectivity index (χ1v) is 11.1. The van der Waals surface area contributed by atoms with Gasteiger partial charge in [0.2, 0.25) is 0 Å². The second kappa shape index (κ2) is 5.34. The summed E-state index contributed by atoms with van der Waals surface area (Å²) in [5, 5.41) is 6.62. The Labute approximate surface area is 186 Å². The number of rotatable bonds is 0. The molecule has 3 aliphatic heterocycles. The van der Waals surface area contributed by atoms with Crippen LogP contribution < -0.4 is 5.32 Å². The smallest absolute Gasteiger partial charge is 0.259 e. The Morgan fingerprint density at radius 1 is 0.875 bits per heavy atom. The molecule has 0 aliphatic carbocycles. The van der Waals surface area contributed by atoms with Crippen molar-refractivity contribution in [2.45, 2.75) is 32.2 Å². The minimum Gasteiger partial charge on any atom is -0.335 e. The minimum absolute atomic E-state index is 0.119. The molecule has 2 bridgehead atoms. The van der Waals surface area contributed by atoms with Gasteiger partial charge < -0.3 is 13.9 Å². The van der Waals surface area contributed by atoms with Crippen LogP contribution >= 0.6 is 11.6 Å². The van der Waals surface area contributed by atoms with Gasteiger partial charge in [-0.1, -0.05) is 23.2 Å². The quantitative estimate of drug-likeness (QED) is 0.319. The number of carbonyl (C=O) groups is 2. The highest BCUT2D eigenvalue weighted by molar-refractivity contribution is 6.40. The Morgan fingerprint density at radius 3 is 2.06 bits per heavy atom. The van der Waals surface area contributed by atoms with Gasteiger partial charge in [-0.15, -0.1) is 0 Å². The van der Waals surface area contributed by atoms with Crippen molar-refractivity contribution in [1.82, 2.24) is 14.5 Å². The van der Waals surface area contributed by atoms with Crippen LogP contribution in [0.2, 0.25) is 5.02 Å². The van der Waals surface area contributed by atoms with Gasteiger partial charge in [0.05, 0.1) is 33.2 Å². The van der Waals surface area contributed by atoms with Crippen molar-refractivity contribution in [3.63, 3.8) is 0 Å². The van der Waals surface area contributed by atoms with Gasteiger partial charge in [0.1, 0.15) is 12.5 Å². The second-order valence-corrected chi connectivity index (χ2v) is 9.46. The number of benzene rings is 3. The van der Waals surface area contributed by atoms with E-state index < -0.39 is 0 Å². The third-order valence-electron chi connectivity index (χ3n) is 7.33. The lowest BCUT2D eigenvalue weighted by Gasteiger charge is -2.15. The number of nitrogens with zero attached hydrogens (tertiary/aromatic N) is 2.